The molecule has 0 aromatic heterocycles. The summed E-state index contributed by atoms with van der Waals surface area (Å²) in [6.07, 6.45) is 0.136. The van der Waals surface area contributed by atoms with Crippen molar-refractivity contribution < 1.29 is 23.2 Å². The Hall–Kier alpha value is -1.36. The fourth-order valence-corrected chi connectivity index (χ4v) is 3.30. The van der Waals surface area contributed by atoms with Crippen LogP contribution in [-0.4, -0.2) is 31.9 Å². The Balaban J connectivity index is 2.77. The minimum Gasteiger partial charge on any atom is -0.341 e. The van der Waals surface area contributed by atoms with E-state index >= 15 is 0 Å². The fourth-order valence-electron chi connectivity index (χ4n) is 1.75. The molecule has 0 saturated heterocycles. The van der Waals surface area contributed by atoms with Gasteiger partial charge in [-0.3, -0.25) is 9.36 Å². The van der Waals surface area contributed by atoms with Crippen molar-refractivity contribution in [3.8, 4) is 0 Å². The molecule has 0 aliphatic rings. The normalized spacial score (nSPS) is 11.2. The number of anilines is 1. The third-order valence-electron chi connectivity index (χ3n) is 2.51. The smallest absolute Gasteiger partial charge is 0.332 e. The quantitative estimate of drug-likeness (QED) is 0.515. The van der Waals surface area contributed by atoms with Crippen LogP contribution in [0.1, 0.15) is 20.8 Å². The zero-order valence-corrected chi connectivity index (χ0v) is 13.5. The Morgan fingerprint density at radius 3 is 2.19 bits per heavy atom. The maximum Gasteiger partial charge on any atom is 0.332 e. The van der Waals surface area contributed by atoms with Crippen molar-refractivity contribution in [2.24, 2.45) is 0 Å². The average molecular weight is 315 g/mol. The summed E-state index contributed by atoms with van der Waals surface area (Å²) in [6, 6.07) is 9.12. The predicted molar refractivity (Wildman–Crippen MR) is 81.3 cm³/mol. The minimum atomic E-state index is -3.17. The summed E-state index contributed by atoms with van der Waals surface area (Å²) < 4.78 is 22.9. The van der Waals surface area contributed by atoms with E-state index in [1.165, 1.54) is 12.0 Å². The van der Waals surface area contributed by atoms with Crippen LogP contribution in [0.5, 0.6) is 0 Å². The first-order chi connectivity index (χ1) is 10.0. The van der Waals surface area contributed by atoms with Gasteiger partial charge >= 0.3 is 13.6 Å². The van der Waals surface area contributed by atoms with E-state index in [4.69, 9.17) is 13.9 Å². The summed E-state index contributed by atoms with van der Waals surface area (Å²) in [5.41, 5.74) is 0.701. The average Bonchev–Trinajstić information content (AvgIpc) is 2.44. The summed E-state index contributed by atoms with van der Waals surface area (Å²) in [4.78, 5) is 16.4. The summed E-state index contributed by atoms with van der Waals surface area (Å²) in [5.74, 6) is -0.443. The van der Waals surface area contributed by atoms with Crippen molar-refractivity contribution in [2.45, 2.75) is 20.8 Å². The highest BCUT2D eigenvalue weighted by molar-refractivity contribution is 7.53. The van der Waals surface area contributed by atoms with Crippen LogP contribution < -0.4 is 5.06 Å². The van der Waals surface area contributed by atoms with Crippen LogP contribution in [0.15, 0.2) is 30.3 Å². The molecule has 0 radical (unpaired) electrons. The number of benzene rings is 1. The molecule has 0 fully saturated rings. The molecular weight excluding hydrogens is 293 g/mol. The Bertz CT molecular complexity index is 470. The van der Waals surface area contributed by atoms with Crippen LogP contribution in [0.3, 0.4) is 0 Å². The second kappa shape index (κ2) is 8.82. The van der Waals surface area contributed by atoms with Gasteiger partial charge in [0.15, 0.2) is 0 Å². The summed E-state index contributed by atoms with van der Waals surface area (Å²) in [6.45, 7) is 5.66. The molecule has 1 aromatic carbocycles. The van der Waals surface area contributed by atoms with Crippen molar-refractivity contribution in [1.82, 2.24) is 0 Å². The van der Waals surface area contributed by atoms with E-state index in [1.54, 1.807) is 26.0 Å². The molecule has 0 bridgehead atoms. The van der Waals surface area contributed by atoms with E-state index in [1.807, 2.05) is 18.2 Å². The number of para-hydroxylation sites is 1. The molecule has 0 amide bonds. The number of rotatable bonds is 9. The van der Waals surface area contributed by atoms with E-state index in [2.05, 4.69) is 0 Å². The maximum atomic E-state index is 12.4. The van der Waals surface area contributed by atoms with E-state index in [0.717, 1.165) is 0 Å². The van der Waals surface area contributed by atoms with Gasteiger partial charge in [0, 0.05) is 6.92 Å². The minimum absolute atomic E-state index is 0.136. The van der Waals surface area contributed by atoms with Gasteiger partial charge in [-0.15, -0.1) is 0 Å². The first-order valence-corrected chi connectivity index (χ1v) is 8.62. The number of hydrogen-bond donors (Lipinski definition) is 0. The van der Waals surface area contributed by atoms with Crippen LogP contribution in [0.2, 0.25) is 0 Å². The highest BCUT2D eigenvalue weighted by atomic mass is 31.2. The van der Waals surface area contributed by atoms with E-state index in [0.29, 0.717) is 18.9 Å². The molecule has 6 nitrogen and oxygen atoms in total. The Morgan fingerprint density at radius 2 is 1.71 bits per heavy atom. The monoisotopic (exact) mass is 315 g/mol. The zero-order chi connectivity index (χ0) is 15.7. The lowest BCUT2D eigenvalue weighted by atomic mass is 10.3. The summed E-state index contributed by atoms with van der Waals surface area (Å²) in [7, 11) is -3.17. The van der Waals surface area contributed by atoms with Crippen LogP contribution >= 0.6 is 7.60 Å². The van der Waals surface area contributed by atoms with Crippen molar-refractivity contribution in [3.63, 3.8) is 0 Å². The van der Waals surface area contributed by atoms with Crippen LogP contribution in [0.25, 0.3) is 0 Å². The van der Waals surface area contributed by atoms with Gasteiger partial charge in [0.05, 0.1) is 31.6 Å². The molecule has 1 rings (SSSR count). The van der Waals surface area contributed by atoms with Gasteiger partial charge < -0.3 is 13.9 Å². The molecule has 7 heteroatoms. The molecule has 0 unspecified atom stereocenters. The summed E-state index contributed by atoms with van der Waals surface area (Å²) in [5, 5.41) is 1.40. The first-order valence-electron chi connectivity index (χ1n) is 6.90. The molecular formula is C14H22NO5P. The van der Waals surface area contributed by atoms with E-state index in [-0.39, 0.29) is 12.7 Å². The van der Waals surface area contributed by atoms with Crippen molar-refractivity contribution in [2.75, 3.05) is 31.0 Å². The molecule has 118 valence electrons. The Labute approximate surface area is 125 Å². The van der Waals surface area contributed by atoms with Crippen LogP contribution in [0.4, 0.5) is 5.69 Å². The molecule has 0 aliphatic heterocycles. The highest BCUT2D eigenvalue weighted by Gasteiger charge is 2.25. The van der Waals surface area contributed by atoms with Crippen molar-refractivity contribution >= 4 is 19.3 Å². The van der Waals surface area contributed by atoms with Gasteiger partial charge in [-0.1, -0.05) is 18.2 Å². The molecule has 0 N–H and O–H groups in total. The lowest BCUT2D eigenvalue weighted by Gasteiger charge is -2.24. The molecule has 0 atom stereocenters. The topological polar surface area (TPSA) is 65.1 Å². The SMILES string of the molecule is CCOP(=O)(CCN(OC(C)=O)c1ccccc1)OCC. The van der Waals surface area contributed by atoms with E-state index in [9.17, 15) is 9.36 Å². The highest BCUT2D eigenvalue weighted by Crippen LogP contribution is 2.47. The van der Waals surface area contributed by atoms with E-state index < -0.39 is 13.6 Å². The fraction of sp³-hybridized carbons (Fsp3) is 0.500. The second-order valence-electron chi connectivity index (χ2n) is 4.19. The van der Waals surface area contributed by atoms with Gasteiger partial charge in [0.25, 0.3) is 0 Å². The molecule has 21 heavy (non-hydrogen) atoms. The number of carbonyl (C=O) groups excluding carboxylic acids is 1. The van der Waals surface area contributed by atoms with Crippen molar-refractivity contribution in [3.05, 3.63) is 30.3 Å². The third-order valence-corrected chi connectivity index (χ3v) is 4.56. The standard InChI is InChI=1S/C14H22NO5P/c1-4-18-21(17,19-5-2)12-11-15(20-13(3)16)14-9-7-6-8-10-14/h6-10H,4-5,11-12H2,1-3H3. The largest absolute Gasteiger partial charge is 0.341 e. The van der Waals surface area contributed by atoms with Crippen LogP contribution in [0, 0.1) is 0 Å². The van der Waals surface area contributed by atoms with Crippen molar-refractivity contribution in [1.29, 1.82) is 0 Å². The number of carbonyl (C=O) groups is 1. The number of hydrogen-bond acceptors (Lipinski definition) is 6. The molecule has 0 saturated carbocycles. The second-order valence-corrected chi connectivity index (χ2v) is 6.38. The zero-order valence-electron chi connectivity index (χ0n) is 12.7. The predicted octanol–water partition coefficient (Wildman–Crippen LogP) is 3.24. The lowest BCUT2D eigenvalue weighted by Crippen LogP contribution is -2.29. The Morgan fingerprint density at radius 1 is 1.14 bits per heavy atom. The first kappa shape index (κ1) is 17.7. The third kappa shape index (κ3) is 6.29. The van der Waals surface area contributed by atoms with Gasteiger partial charge in [-0.25, -0.2) is 5.06 Å². The van der Waals surface area contributed by atoms with Crippen LogP contribution in [-0.2, 0) is 23.2 Å². The van der Waals surface area contributed by atoms with Gasteiger partial charge in [0.2, 0.25) is 0 Å². The summed E-state index contributed by atoms with van der Waals surface area (Å²) >= 11 is 0. The number of hydroxylamine groups is 1. The van der Waals surface area contributed by atoms with Gasteiger partial charge in [-0.05, 0) is 26.0 Å². The Kier molecular flexibility index (Phi) is 7.43. The van der Waals surface area contributed by atoms with Gasteiger partial charge in [-0.2, -0.15) is 0 Å². The molecule has 0 heterocycles. The van der Waals surface area contributed by atoms with Gasteiger partial charge in [0.1, 0.15) is 0 Å². The molecule has 0 spiro atoms. The molecule has 1 aromatic rings. The lowest BCUT2D eigenvalue weighted by molar-refractivity contribution is -0.142. The maximum absolute atomic E-state index is 12.4. The number of nitrogens with zero attached hydrogens (tertiary/aromatic N) is 1. The molecule has 0 aliphatic carbocycles.